The van der Waals surface area contributed by atoms with Gasteiger partial charge in [-0.1, -0.05) is 6.07 Å². The average Bonchev–Trinajstić information content (AvgIpc) is 3.29. The van der Waals surface area contributed by atoms with Gasteiger partial charge in [0.1, 0.15) is 10.6 Å². The molecule has 2 heterocycles. The van der Waals surface area contributed by atoms with Crippen molar-refractivity contribution in [3.05, 3.63) is 76.5 Å². The predicted octanol–water partition coefficient (Wildman–Crippen LogP) is 4.15. The van der Waals surface area contributed by atoms with Crippen LogP contribution in [0.3, 0.4) is 0 Å². The fourth-order valence-electron chi connectivity index (χ4n) is 2.99. The number of carbonyl (C=O) groups is 2. The molecule has 0 aliphatic rings. The van der Waals surface area contributed by atoms with Crippen LogP contribution in [0, 0.1) is 12.7 Å². The van der Waals surface area contributed by atoms with E-state index in [9.17, 15) is 14.0 Å². The Morgan fingerprint density at radius 2 is 1.83 bits per heavy atom. The van der Waals surface area contributed by atoms with Crippen LogP contribution in [0.4, 0.5) is 10.1 Å². The van der Waals surface area contributed by atoms with Crippen LogP contribution in [0.5, 0.6) is 0 Å². The first-order chi connectivity index (χ1) is 14.0. The fraction of sp³-hybridized carbons (Fsp3) is 0.0952. The maximum absolute atomic E-state index is 13.2. The molecule has 0 aliphatic carbocycles. The van der Waals surface area contributed by atoms with Crippen LogP contribution in [-0.2, 0) is 0 Å². The Morgan fingerprint density at radius 1 is 1.07 bits per heavy atom. The number of nitrogens with one attached hydrogen (secondary N) is 2. The minimum atomic E-state index is -0.320. The Hall–Kier alpha value is -3.52. The van der Waals surface area contributed by atoms with E-state index in [1.165, 1.54) is 23.5 Å². The van der Waals surface area contributed by atoms with Gasteiger partial charge in [0.25, 0.3) is 11.8 Å². The smallest absolute Gasteiger partial charge is 0.265 e. The molecule has 0 spiro atoms. The molecule has 0 atom stereocenters. The number of benzene rings is 2. The van der Waals surface area contributed by atoms with Crippen LogP contribution in [0.15, 0.2) is 54.6 Å². The summed E-state index contributed by atoms with van der Waals surface area (Å²) < 4.78 is 14.9. The van der Waals surface area contributed by atoms with Gasteiger partial charge in [0.2, 0.25) is 0 Å². The number of aromatic nitrogens is 2. The van der Waals surface area contributed by atoms with E-state index >= 15 is 0 Å². The summed E-state index contributed by atoms with van der Waals surface area (Å²) in [4.78, 5) is 25.9. The molecule has 0 saturated carbocycles. The molecule has 29 heavy (non-hydrogen) atoms. The first-order valence-electron chi connectivity index (χ1n) is 8.85. The lowest BCUT2D eigenvalue weighted by atomic mass is 10.2. The first-order valence-corrected chi connectivity index (χ1v) is 9.66. The van der Waals surface area contributed by atoms with E-state index in [0.29, 0.717) is 16.1 Å². The van der Waals surface area contributed by atoms with E-state index in [2.05, 4.69) is 15.7 Å². The summed E-state index contributed by atoms with van der Waals surface area (Å²) in [5, 5.41) is 10.8. The molecule has 0 fully saturated rings. The molecule has 0 aliphatic heterocycles. The second-order valence-electron chi connectivity index (χ2n) is 6.42. The number of fused-ring (bicyclic) bond motifs is 1. The molecule has 6 nitrogen and oxygen atoms in total. The number of thiophene rings is 1. The van der Waals surface area contributed by atoms with E-state index in [1.807, 2.05) is 6.92 Å². The summed E-state index contributed by atoms with van der Waals surface area (Å²) in [7, 11) is 1.55. The van der Waals surface area contributed by atoms with Crippen molar-refractivity contribution < 1.29 is 14.0 Å². The number of anilines is 1. The van der Waals surface area contributed by atoms with Gasteiger partial charge in [0.05, 0.1) is 16.3 Å². The highest BCUT2D eigenvalue weighted by Gasteiger charge is 2.17. The lowest BCUT2D eigenvalue weighted by Crippen LogP contribution is -2.18. The summed E-state index contributed by atoms with van der Waals surface area (Å²) in [6, 6.07) is 14.6. The van der Waals surface area contributed by atoms with E-state index < -0.39 is 0 Å². The van der Waals surface area contributed by atoms with Crippen molar-refractivity contribution in [2.45, 2.75) is 6.92 Å². The summed E-state index contributed by atoms with van der Waals surface area (Å²) in [6.07, 6.45) is 0. The summed E-state index contributed by atoms with van der Waals surface area (Å²) in [5.74, 6) is -0.817. The second-order valence-corrected chi connectivity index (χ2v) is 7.45. The van der Waals surface area contributed by atoms with Crippen LogP contribution in [0.25, 0.3) is 15.9 Å². The van der Waals surface area contributed by atoms with Crippen molar-refractivity contribution >= 4 is 39.1 Å². The number of nitrogens with zero attached hydrogens (tertiary/aromatic N) is 2. The fourth-order valence-corrected chi connectivity index (χ4v) is 4.07. The number of amides is 2. The maximum Gasteiger partial charge on any atom is 0.265 e. The van der Waals surface area contributed by atoms with Gasteiger partial charge in [-0.15, -0.1) is 11.3 Å². The van der Waals surface area contributed by atoms with Crippen molar-refractivity contribution in [3.8, 4) is 5.69 Å². The van der Waals surface area contributed by atoms with Gasteiger partial charge in [0, 0.05) is 23.7 Å². The van der Waals surface area contributed by atoms with Crippen LogP contribution in [0.1, 0.15) is 25.7 Å². The van der Waals surface area contributed by atoms with Crippen LogP contribution < -0.4 is 10.6 Å². The highest BCUT2D eigenvalue weighted by atomic mass is 32.1. The number of hydrogen-bond donors (Lipinski definition) is 2. The molecule has 2 amide bonds. The van der Waals surface area contributed by atoms with Gasteiger partial charge in [0.15, 0.2) is 0 Å². The van der Waals surface area contributed by atoms with E-state index in [-0.39, 0.29) is 17.6 Å². The molecule has 0 saturated heterocycles. The molecule has 146 valence electrons. The summed E-state index contributed by atoms with van der Waals surface area (Å²) >= 11 is 1.30. The Balaban J connectivity index is 1.65. The molecule has 2 N–H and O–H groups in total. The first kappa shape index (κ1) is 18.8. The molecule has 0 unspecified atom stereocenters. The van der Waals surface area contributed by atoms with Crippen molar-refractivity contribution in [1.82, 2.24) is 15.1 Å². The zero-order valence-corrected chi connectivity index (χ0v) is 16.5. The minimum Gasteiger partial charge on any atom is -0.355 e. The Labute approximate surface area is 170 Å². The van der Waals surface area contributed by atoms with Crippen LogP contribution in [0.2, 0.25) is 0 Å². The van der Waals surface area contributed by atoms with Crippen molar-refractivity contribution in [2.75, 3.05) is 12.4 Å². The Bertz CT molecular complexity index is 1230. The predicted molar refractivity (Wildman–Crippen MR) is 111 cm³/mol. The third kappa shape index (κ3) is 3.62. The lowest BCUT2D eigenvalue weighted by Gasteiger charge is -2.06. The monoisotopic (exact) mass is 408 g/mol. The van der Waals surface area contributed by atoms with Crippen molar-refractivity contribution in [3.63, 3.8) is 0 Å². The van der Waals surface area contributed by atoms with Gasteiger partial charge in [-0.2, -0.15) is 5.10 Å². The molecule has 2 aromatic heterocycles. The highest BCUT2D eigenvalue weighted by molar-refractivity contribution is 7.20. The Kier molecular flexibility index (Phi) is 4.85. The van der Waals surface area contributed by atoms with Gasteiger partial charge < -0.3 is 10.6 Å². The molecular formula is C21H17FN4O2S. The molecule has 8 heteroatoms. The zero-order valence-electron chi connectivity index (χ0n) is 15.7. The van der Waals surface area contributed by atoms with E-state index in [0.717, 1.165) is 21.6 Å². The van der Waals surface area contributed by atoms with Gasteiger partial charge >= 0.3 is 0 Å². The number of halogens is 1. The zero-order chi connectivity index (χ0) is 20.5. The quantitative estimate of drug-likeness (QED) is 0.533. The van der Waals surface area contributed by atoms with E-state index in [4.69, 9.17) is 0 Å². The molecule has 2 aromatic carbocycles. The molecular weight excluding hydrogens is 391 g/mol. The lowest BCUT2D eigenvalue weighted by molar-refractivity contribution is 0.0961. The molecule has 0 bridgehead atoms. The molecule has 4 rings (SSSR count). The second kappa shape index (κ2) is 7.48. The van der Waals surface area contributed by atoms with Crippen LogP contribution in [-0.4, -0.2) is 28.6 Å². The average molecular weight is 408 g/mol. The Morgan fingerprint density at radius 3 is 2.55 bits per heavy atom. The maximum atomic E-state index is 13.2. The third-order valence-electron chi connectivity index (χ3n) is 4.45. The van der Waals surface area contributed by atoms with Crippen molar-refractivity contribution in [2.24, 2.45) is 0 Å². The van der Waals surface area contributed by atoms with Gasteiger partial charge in [-0.05, 0) is 55.5 Å². The number of carbonyl (C=O) groups excluding carboxylic acids is 2. The van der Waals surface area contributed by atoms with Gasteiger partial charge in [-0.25, -0.2) is 9.07 Å². The molecule has 0 radical (unpaired) electrons. The van der Waals surface area contributed by atoms with Crippen LogP contribution >= 0.6 is 11.3 Å². The minimum absolute atomic E-state index is 0.224. The van der Waals surface area contributed by atoms with Crippen molar-refractivity contribution in [1.29, 1.82) is 0 Å². The molecule has 4 aromatic rings. The van der Waals surface area contributed by atoms with Gasteiger partial charge in [-0.3, -0.25) is 9.59 Å². The number of hydrogen-bond acceptors (Lipinski definition) is 4. The standard InChI is InChI=1S/C21H17FN4O2S/c1-12-17-11-18(20(28)24-15-5-3-4-13(10-15)19(27)23-2)29-21(17)26(25-12)16-8-6-14(22)7-9-16/h3-11H,1-2H3,(H,23,27)(H,24,28). The number of aryl methyl sites for hydroxylation is 1. The van der Waals surface area contributed by atoms with E-state index in [1.54, 1.807) is 54.2 Å². The largest absolute Gasteiger partial charge is 0.355 e. The summed E-state index contributed by atoms with van der Waals surface area (Å²) in [6.45, 7) is 1.86. The number of rotatable bonds is 4. The third-order valence-corrected chi connectivity index (χ3v) is 5.56. The normalized spacial score (nSPS) is 10.9. The summed E-state index contributed by atoms with van der Waals surface area (Å²) in [5.41, 5.74) is 2.49. The topological polar surface area (TPSA) is 76.0 Å². The highest BCUT2D eigenvalue weighted by Crippen LogP contribution is 2.31. The SMILES string of the molecule is CNC(=O)c1cccc(NC(=O)c2cc3c(C)nn(-c4ccc(F)cc4)c3s2)c1.